The lowest BCUT2D eigenvalue weighted by Crippen LogP contribution is -2.35. The van der Waals surface area contributed by atoms with Crippen LogP contribution < -0.4 is 10.0 Å². The lowest BCUT2D eigenvalue weighted by molar-refractivity contribution is 0.102. The number of rotatable bonds is 8. The number of sulfonamides is 1. The van der Waals surface area contributed by atoms with Crippen molar-refractivity contribution in [2.45, 2.75) is 22.8 Å². The summed E-state index contributed by atoms with van der Waals surface area (Å²) in [7, 11) is -2.15. The van der Waals surface area contributed by atoms with Gasteiger partial charge in [0.2, 0.25) is 10.0 Å². The molecule has 140 valence electrons. The highest BCUT2D eigenvalue weighted by atomic mass is 32.2. The van der Waals surface area contributed by atoms with Gasteiger partial charge in [0.15, 0.2) is 0 Å². The molecular formula is C18H22N2O4S2. The van der Waals surface area contributed by atoms with E-state index in [0.717, 1.165) is 4.90 Å². The van der Waals surface area contributed by atoms with Crippen molar-refractivity contribution in [1.29, 1.82) is 0 Å². The molecule has 0 aliphatic carbocycles. The molecule has 0 unspecified atom stereocenters. The minimum atomic E-state index is -3.65. The summed E-state index contributed by atoms with van der Waals surface area (Å²) < 4.78 is 32.0. The smallest absolute Gasteiger partial charge is 0.255 e. The van der Waals surface area contributed by atoms with Gasteiger partial charge in [-0.25, -0.2) is 13.1 Å². The molecule has 0 aromatic heterocycles. The summed E-state index contributed by atoms with van der Waals surface area (Å²) in [6, 6.07) is 12.9. The Morgan fingerprint density at radius 2 is 1.73 bits per heavy atom. The lowest BCUT2D eigenvalue weighted by Gasteiger charge is -2.13. The Hall–Kier alpha value is -1.87. The van der Waals surface area contributed by atoms with Crippen LogP contribution in [0.3, 0.4) is 0 Å². The maximum atomic E-state index is 12.3. The number of hydrogen-bond acceptors (Lipinski definition) is 5. The van der Waals surface area contributed by atoms with Crippen molar-refractivity contribution >= 4 is 33.4 Å². The Morgan fingerprint density at radius 1 is 1.12 bits per heavy atom. The van der Waals surface area contributed by atoms with Crippen LogP contribution in [0.5, 0.6) is 0 Å². The van der Waals surface area contributed by atoms with Crippen LogP contribution >= 0.6 is 11.8 Å². The summed E-state index contributed by atoms with van der Waals surface area (Å²) in [6.45, 7) is 1.99. The minimum Gasteiger partial charge on any atom is -0.383 e. The van der Waals surface area contributed by atoms with Gasteiger partial charge in [-0.15, -0.1) is 11.8 Å². The Bertz CT molecular complexity index is 834. The Morgan fingerprint density at radius 3 is 2.27 bits per heavy atom. The van der Waals surface area contributed by atoms with Crippen LogP contribution in [-0.2, 0) is 14.8 Å². The molecule has 2 aromatic carbocycles. The van der Waals surface area contributed by atoms with Crippen LogP contribution in [-0.4, -0.2) is 40.3 Å². The fourth-order valence-electron chi connectivity index (χ4n) is 2.28. The maximum Gasteiger partial charge on any atom is 0.255 e. The highest BCUT2D eigenvalue weighted by Gasteiger charge is 2.18. The van der Waals surface area contributed by atoms with Crippen molar-refractivity contribution in [2.75, 3.05) is 25.3 Å². The molecule has 0 saturated carbocycles. The quantitative estimate of drug-likeness (QED) is 0.673. The fraction of sp³-hybridized carbons (Fsp3) is 0.278. The molecule has 0 radical (unpaired) electrons. The van der Waals surface area contributed by atoms with E-state index in [1.165, 1.54) is 31.4 Å². The predicted molar refractivity (Wildman–Crippen MR) is 104 cm³/mol. The first kappa shape index (κ1) is 20.4. The summed E-state index contributed by atoms with van der Waals surface area (Å²) in [6.07, 6.45) is 1.98. The van der Waals surface area contributed by atoms with Crippen molar-refractivity contribution in [2.24, 2.45) is 0 Å². The number of hydrogen-bond donors (Lipinski definition) is 2. The van der Waals surface area contributed by atoms with Crippen molar-refractivity contribution in [3.8, 4) is 0 Å². The van der Waals surface area contributed by atoms with E-state index in [2.05, 4.69) is 10.0 Å². The second-order valence-corrected chi connectivity index (χ2v) is 8.28. The molecule has 0 bridgehead atoms. The molecule has 0 aliphatic rings. The van der Waals surface area contributed by atoms with Gasteiger partial charge in [0.05, 0.1) is 11.5 Å². The van der Waals surface area contributed by atoms with E-state index in [1.807, 2.05) is 30.5 Å². The van der Waals surface area contributed by atoms with E-state index < -0.39 is 10.0 Å². The molecule has 2 N–H and O–H groups in total. The van der Waals surface area contributed by atoms with Gasteiger partial charge >= 0.3 is 0 Å². The second-order valence-electron chi connectivity index (χ2n) is 5.68. The zero-order chi connectivity index (χ0) is 19.2. The first-order valence-electron chi connectivity index (χ1n) is 7.92. The van der Waals surface area contributed by atoms with Gasteiger partial charge in [-0.1, -0.05) is 0 Å². The topological polar surface area (TPSA) is 84.5 Å². The lowest BCUT2D eigenvalue weighted by atomic mass is 10.2. The molecule has 6 nitrogen and oxygen atoms in total. The molecule has 2 aromatic rings. The van der Waals surface area contributed by atoms with Crippen LogP contribution in [0.4, 0.5) is 5.69 Å². The third kappa shape index (κ3) is 5.57. The van der Waals surface area contributed by atoms with Gasteiger partial charge in [0.1, 0.15) is 0 Å². The number of amides is 1. The number of thioether (sulfide) groups is 1. The van der Waals surface area contributed by atoms with E-state index in [9.17, 15) is 13.2 Å². The molecule has 0 fully saturated rings. The van der Waals surface area contributed by atoms with Crippen LogP contribution in [0.1, 0.15) is 17.3 Å². The number of methoxy groups -OCH3 is 1. The fourth-order valence-corrected chi connectivity index (χ4v) is 3.92. The summed E-state index contributed by atoms with van der Waals surface area (Å²) in [5.41, 5.74) is 1.06. The Kier molecular flexibility index (Phi) is 7.22. The van der Waals surface area contributed by atoms with E-state index in [4.69, 9.17) is 4.74 Å². The Balaban J connectivity index is 2.06. The normalized spacial score (nSPS) is 12.6. The maximum absolute atomic E-state index is 12.3. The van der Waals surface area contributed by atoms with Gasteiger partial charge in [0.25, 0.3) is 5.91 Å². The first-order chi connectivity index (χ1) is 12.4. The number of carbonyl (C=O) groups excluding carboxylic acids is 1. The third-order valence-electron chi connectivity index (χ3n) is 3.55. The first-order valence-corrected chi connectivity index (χ1v) is 10.6. The number of nitrogens with one attached hydrogen (secondary N) is 2. The molecular weight excluding hydrogens is 372 g/mol. The monoisotopic (exact) mass is 394 g/mol. The van der Waals surface area contributed by atoms with Crippen LogP contribution in [0, 0.1) is 0 Å². The van der Waals surface area contributed by atoms with E-state index in [1.54, 1.807) is 18.7 Å². The molecule has 8 heteroatoms. The average Bonchev–Trinajstić information content (AvgIpc) is 2.62. The number of anilines is 1. The van der Waals surface area contributed by atoms with Crippen molar-refractivity contribution in [3.05, 3.63) is 54.1 Å². The number of benzene rings is 2. The number of ether oxygens (including phenoxy) is 1. The van der Waals surface area contributed by atoms with Crippen molar-refractivity contribution in [3.63, 3.8) is 0 Å². The van der Waals surface area contributed by atoms with E-state index in [0.29, 0.717) is 11.3 Å². The van der Waals surface area contributed by atoms with E-state index >= 15 is 0 Å². The molecule has 1 atom stereocenters. The van der Waals surface area contributed by atoms with Crippen molar-refractivity contribution in [1.82, 2.24) is 4.72 Å². The van der Waals surface area contributed by atoms with Gasteiger partial charge < -0.3 is 10.1 Å². The number of carbonyl (C=O) groups is 1. The minimum absolute atomic E-state index is 0.0985. The molecule has 1 amide bonds. The van der Waals surface area contributed by atoms with Gasteiger partial charge in [-0.05, 0) is 61.7 Å². The van der Waals surface area contributed by atoms with Crippen LogP contribution in [0.2, 0.25) is 0 Å². The molecule has 0 spiro atoms. The summed E-state index contributed by atoms with van der Waals surface area (Å²) in [5.74, 6) is -0.299. The second kappa shape index (κ2) is 9.18. The predicted octanol–water partition coefficient (Wildman–Crippen LogP) is 2.97. The third-order valence-corrected chi connectivity index (χ3v) is 5.90. The van der Waals surface area contributed by atoms with E-state index in [-0.39, 0.29) is 23.5 Å². The molecule has 2 rings (SSSR count). The van der Waals surface area contributed by atoms with Crippen molar-refractivity contribution < 1.29 is 17.9 Å². The van der Waals surface area contributed by atoms with Gasteiger partial charge in [-0.2, -0.15) is 0 Å². The summed E-state index contributed by atoms with van der Waals surface area (Å²) >= 11 is 1.62. The van der Waals surface area contributed by atoms with Crippen LogP contribution in [0.15, 0.2) is 58.3 Å². The Labute approximate surface area is 158 Å². The molecule has 26 heavy (non-hydrogen) atoms. The standard InChI is InChI=1S/C18H22N2O4S2/c1-13(12-24-2)20-26(22,23)17-10-4-14(5-11-17)18(21)19-15-6-8-16(25-3)9-7-15/h4-11,13,20H,12H2,1-3H3,(H,19,21)/t13-/m0/s1. The zero-order valence-electron chi connectivity index (χ0n) is 14.9. The van der Waals surface area contributed by atoms with Gasteiger partial charge in [0, 0.05) is 29.3 Å². The molecule has 0 aliphatic heterocycles. The van der Waals surface area contributed by atoms with Crippen LogP contribution in [0.25, 0.3) is 0 Å². The zero-order valence-corrected chi connectivity index (χ0v) is 16.5. The summed E-state index contributed by atoms with van der Waals surface area (Å²) in [4.78, 5) is 13.5. The summed E-state index contributed by atoms with van der Waals surface area (Å²) in [5, 5.41) is 2.79. The largest absolute Gasteiger partial charge is 0.383 e. The SMILES string of the molecule is COC[C@H](C)NS(=O)(=O)c1ccc(C(=O)Nc2ccc(SC)cc2)cc1. The molecule has 0 saturated heterocycles. The molecule has 0 heterocycles. The highest BCUT2D eigenvalue weighted by molar-refractivity contribution is 7.98. The highest BCUT2D eigenvalue weighted by Crippen LogP contribution is 2.18. The average molecular weight is 395 g/mol. The van der Waals surface area contributed by atoms with Gasteiger partial charge in [-0.3, -0.25) is 4.79 Å².